The number of cyclic esters (lactones) is 1. The number of rotatable bonds is 2. The molecule has 3 rings (SSSR count). The molecule has 4 atom stereocenters. The number of esters is 1. The molecule has 1 saturated heterocycles. The van der Waals surface area contributed by atoms with Gasteiger partial charge in [0.05, 0.1) is 0 Å². The highest BCUT2D eigenvalue weighted by Crippen LogP contribution is 2.60. The van der Waals surface area contributed by atoms with Crippen molar-refractivity contribution in [2.45, 2.75) is 65.6 Å². The summed E-state index contributed by atoms with van der Waals surface area (Å²) in [6.07, 6.45) is 5.49. The first-order chi connectivity index (χ1) is 11.1. The standard InChI is InChI=1S/C20H28O4/c1-12-10-15(21)17-19(2,3)8-5-9-20(17,4)14(12)7-6-13-11-16(22)24-18(13)23/h6,14,16-17,22H,1,5,7-11H2,2-4H3/b13-6+/t14-,16?,17-,20+/m0/s1. The zero-order valence-corrected chi connectivity index (χ0v) is 14.9. The molecule has 24 heavy (non-hydrogen) atoms. The van der Waals surface area contributed by atoms with Crippen LogP contribution in [0.25, 0.3) is 0 Å². The van der Waals surface area contributed by atoms with Gasteiger partial charge in [-0.2, -0.15) is 0 Å². The minimum Gasteiger partial charge on any atom is -0.432 e. The van der Waals surface area contributed by atoms with Crippen LogP contribution in [0.5, 0.6) is 0 Å². The van der Waals surface area contributed by atoms with Crippen molar-refractivity contribution in [3.63, 3.8) is 0 Å². The van der Waals surface area contributed by atoms with Crippen LogP contribution in [0, 0.1) is 22.7 Å². The number of ketones is 1. The molecular weight excluding hydrogens is 304 g/mol. The molecule has 1 aliphatic heterocycles. The average molecular weight is 332 g/mol. The zero-order valence-electron chi connectivity index (χ0n) is 14.9. The number of aliphatic hydroxyl groups excluding tert-OH is 1. The normalized spacial score (nSPS) is 40.6. The number of carbonyl (C=O) groups excluding carboxylic acids is 2. The van der Waals surface area contributed by atoms with E-state index in [2.05, 4.69) is 27.4 Å². The number of hydrogen-bond donors (Lipinski definition) is 1. The van der Waals surface area contributed by atoms with Crippen LogP contribution in [0.3, 0.4) is 0 Å². The molecule has 1 N–H and O–H groups in total. The van der Waals surface area contributed by atoms with Crippen LogP contribution < -0.4 is 0 Å². The van der Waals surface area contributed by atoms with E-state index < -0.39 is 12.3 Å². The lowest BCUT2D eigenvalue weighted by molar-refractivity contribution is -0.152. The summed E-state index contributed by atoms with van der Waals surface area (Å²) in [5.41, 5.74) is 1.44. The van der Waals surface area contributed by atoms with Gasteiger partial charge in [-0.25, -0.2) is 4.79 Å². The number of hydrogen-bond acceptors (Lipinski definition) is 4. The Labute approximate surface area is 144 Å². The van der Waals surface area contributed by atoms with Gasteiger partial charge in [0, 0.05) is 24.3 Å². The zero-order chi connectivity index (χ0) is 17.7. The maximum absolute atomic E-state index is 12.8. The van der Waals surface area contributed by atoms with Gasteiger partial charge >= 0.3 is 5.97 Å². The highest BCUT2D eigenvalue weighted by atomic mass is 16.6. The summed E-state index contributed by atoms with van der Waals surface area (Å²) in [6.45, 7) is 10.8. The Hall–Kier alpha value is -1.42. The predicted octanol–water partition coefficient (Wildman–Crippen LogP) is 3.55. The number of aliphatic hydroxyl groups is 1. The van der Waals surface area contributed by atoms with E-state index in [4.69, 9.17) is 4.74 Å². The Morgan fingerprint density at radius 1 is 1.29 bits per heavy atom. The Balaban J connectivity index is 1.89. The van der Waals surface area contributed by atoms with E-state index in [0.717, 1.165) is 24.8 Å². The molecular formula is C20H28O4. The summed E-state index contributed by atoms with van der Waals surface area (Å²) in [5, 5.41) is 9.45. The second-order valence-electron chi connectivity index (χ2n) is 8.66. The number of ether oxygens (including phenoxy) is 1. The SMILES string of the molecule is C=C1CC(=O)[C@H]2C(C)(C)CCC[C@]2(C)[C@H]1C/C=C1\CC(O)OC1=O. The molecule has 0 aromatic rings. The summed E-state index contributed by atoms with van der Waals surface area (Å²) in [7, 11) is 0. The van der Waals surface area contributed by atoms with Gasteiger partial charge < -0.3 is 9.84 Å². The van der Waals surface area contributed by atoms with Gasteiger partial charge in [0.1, 0.15) is 5.78 Å². The molecule has 0 aromatic carbocycles. The smallest absolute Gasteiger partial charge is 0.336 e. The van der Waals surface area contributed by atoms with Crippen molar-refractivity contribution in [2.24, 2.45) is 22.7 Å². The van der Waals surface area contributed by atoms with Crippen LogP contribution in [0.15, 0.2) is 23.8 Å². The third kappa shape index (κ3) is 2.75. The van der Waals surface area contributed by atoms with E-state index in [1.54, 1.807) is 0 Å². The lowest BCUT2D eigenvalue weighted by Crippen LogP contribution is -2.53. The monoisotopic (exact) mass is 332 g/mol. The molecule has 0 amide bonds. The molecule has 3 fully saturated rings. The van der Waals surface area contributed by atoms with Crippen LogP contribution in [0.2, 0.25) is 0 Å². The van der Waals surface area contributed by atoms with E-state index in [-0.39, 0.29) is 29.1 Å². The second-order valence-corrected chi connectivity index (χ2v) is 8.66. The largest absolute Gasteiger partial charge is 0.432 e. The van der Waals surface area contributed by atoms with E-state index in [1.807, 2.05) is 6.08 Å². The highest BCUT2D eigenvalue weighted by Gasteiger charge is 2.56. The highest BCUT2D eigenvalue weighted by molar-refractivity contribution is 5.90. The van der Waals surface area contributed by atoms with Crippen molar-refractivity contribution in [2.75, 3.05) is 0 Å². The number of Topliss-reactive ketones (excluding diaryl/α,β-unsaturated/α-hetero) is 1. The van der Waals surface area contributed by atoms with Gasteiger partial charge in [-0.3, -0.25) is 4.79 Å². The molecule has 2 saturated carbocycles. The van der Waals surface area contributed by atoms with Gasteiger partial charge in [-0.1, -0.05) is 45.4 Å². The van der Waals surface area contributed by atoms with Gasteiger partial charge in [0.25, 0.3) is 0 Å². The maximum atomic E-state index is 12.8. The molecule has 2 aliphatic carbocycles. The topological polar surface area (TPSA) is 63.6 Å². The van der Waals surface area contributed by atoms with E-state index >= 15 is 0 Å². The molecule has 3 aliphatic rings. The second kappa shape index (κ2) is 5.83. The summed E-state index contributed by atoms with van der Waals surface area (Å²) in [6, 6.07) is 0. The fraction of sp³-hybridized carbons (Fsp3) is 0.700. The molecule has 1 heterocycles. The minimum atomic E-state index is -1.02. The summed E-state index contributed by atoms with van der Waals surface area (Å²) >= 11 is 0. The van der Waals surface area contributed by atoms with Crippen LogP contribution in [0.4, 0.5) is 0 Å². The average Bonchev–Trinajstić information content (AvgIpc) is 2.74. The predicted molar refractivity (Wildman–Crippen MR) is 90.9 cm³/mol. The quantitative estimate of drug-likeness (QED) is 0.477. The van der Waals surface area contributed by atoms with Crippen LogP contribution in [-0.4, -0.2) is 23.1 Å². The number of carbonyl (C=O) groups is 2. The van der Waals surface area contributed by atoms with Crippen molar-refractivity contribution in [3.8, 4) is 0 Å². The third-order valence-corrected chi connectivity index (χ3v) is 6.49. The summed E-state index contributed by atoms with van der Waals surface area (Å²) < 4.78 is 4.79. The Kier molecular flexibility index (Phi) is 4.23. The number of fused-ring (bicyclic) bond motifs is 1. The first-order valence-corrected chi connectivity index (χ1v) is 8.93. The van der Waals surface area contributed by atoms with Gasteiger partial charge in [-0.05, 0) is 36.0 Å². The minimum absolute atomic E-state index is 0.0126. The van der Waals surface area contributed by atoms with E-state index in [1.165, 1.54) is 0 Å². The third-order valence-electron chi connectivity index (χ3n) is 6.49. The summed E-state index contributed by atoms with van der Waals surface area (Å²) in [5.74, 6) is 0.143. The molecule has 132 valence electrons. The van der Waals surface area contributed by atoms with E-state index in [0.29, 0.717) is 24.2 Å². The summed E-state index contributed by atoms with van der Waals surface area (Å²) in [4.78, 5) is 24.5. The molecule has 0 aromatic heterocycles. The van der Waals surface area contributed by atoms with Crippen molar-refractivity contribution in [1.29, 1.82) is 0 Å². The van der Waals surface area contributed by atoms with Crippen molar-refractivity contribution < 1.29 is 19.4 Å². The van der Waals surface area contributed by atoms with Crippen LogP contribution in [0.1, 0.15) is 59.3 Å². The Bertz CT molecular complexity index is 615. The Morgan fingerprint density at radius 3 is 2.62 bits per heavy atom. The fourth-order valence-corrected chi connectivity index (χ4v) is 5.58. The maximum Gasteiger partial charge on any atom is 0.336 e. The molecule has 1 unspecified atom stereocenters. The molecule has 0 bridgehead atoms. The van der Waals surface area contributed by atoms with Crippen molar-refractivity contribution in [3.05, 3.63) is 23.8 Å². The van der Waals surface area contributed by atoms with Gasteiger partial charge in [-0.15, -0.1) is 0 Å². The van der Waals surface area contributed by atoms with Crippen molar-refractivity contribution >= 4 is 11.8 Å². The lowest BCUT2D eigenvalue weighted by atomic mass is 9.47. The molecule has 4 nitrogen and oxygen atoms in total. The lowest BCUT2D eigenvalue weighted by Gasteiger charge is -2.56. The Morgan fingerprint density at radius 2 is 2.00 bits per heavy atom. The van der Waals surface area contributed by atoms with Crippen LogP contribution >= 0.6 is 0 Å². The first-order valence-electron chi connectivity index (χ1n) is 8.93. The molecule has 4 heteroatoms. The van der Waals surface area contributed by atoms with E-state index in [9.17, 15) is 14.7 Å². The molecule has 0 spiro atoms. The van der Waals surface area contributed by atoms with Crippen LogP contribution in [-0.2, 0) is 14.3 Å². The first kappa shape index (κ1) is 17.4. The van der Waals surface area contributed by atoms with Gasteiger partial charge in [0.15, 0.2) is 0 Å². The van der Waals surface area contributed by atoms with Gasteiger partial charge in [0.2, 0.25) is 6.29 Å². The van der Waals surface area contributed by atoms with Crippen molar-refractivity contribution in [1.82, 2.24) is 0 Å². The number of allylic oxidation sites excluding steroid dienone is 2. The fourth-order valence-electron chi connectivity index (χ4n) is 5.58. The molecule has 0 radical (unpaired) electrons.